The van der Waals surface area contributed by atoms with Crippen LogP contribution in [0, 0.1) is 0 Å². The van der Waals surface area contributed by atoms with E-state index in [0.717, 1.165) is 0 Å². The summed E-state index contributed by atoms with van der Waals surface area (Å²) in [6.45, 7) is 3.41. The van der Waals surface area contributed by atoms with Gasteiger partial charge in [-0.3, -0.25) is 9.59 Å². The Balaban J connectivity index is 2.89. The zero-order valence-electron chi connectivity index (χ0n) is 9.41. The van der Waals surface area contributed by atoms with Crippen LogP contribution in [0.25, 0.3) is 0 Å². The summed E-state index contributed by atoms with van der Waals surface area (Å²) in [7, 11) is 0. The van der Waals surface area contributed by atoms with E-state index in [0.29, 0.717) is 6.42 Å². The van der Waals surface area contributed by atoms with Crippen molar-refractivity contribution in [3.8, 4) is 0 Å². The first-order chi connectivity index (χ1) is 7.52. The van der Waals surface area contributed by atoms with Gasteiger partial charge in [0.1, 0.15) is 5.56 Å². The summed E-state index contributed by atoms with van der Waals surface area (Å²) in [6, 6.07) is 1.29. The fourth-order valence-electron chi connectivity index (χ4n) is 1.17. The third-order valence-electron chi connectivity index (χ3n) is 2.61. The van der Waals surface area contributed by atoms with Crippen LogP contribution in [-0.2, 0) is 0 Å². The lowest BCUT2D eigenvalue weighted by Crippen LogP contribution is -2.49. The summed E-state index contributed by atoms with van der Waals surface area (Å²) in [5.74, 6) is -0.472. The molecule has 0 aliphatic rings. The standard InChI is InChI=1S/C11H16N2O3/c1-3-11(2,7-14)13-10(16)8-6-12-5-4-9(8)15/h4-6,14H,3,7H2,1-2H3,(H,12,15)(H,13,16). The molecule has 0 fully saturated rings. The van der Waals surface area contributed by atoms with Crippen LogP contribution in [-0.4, -0.2) is 28.1 Å². The van der Waals surface area contributed by atoms with Crippen molar-refractivity contribution in [1.29, 1.82) is 0 Å². The van der Waals surface area contributed by atoms with E-state index in [4.69, 9.17) is 5.11 Å². The molecule has 5 nitrogen and oxygen atoms in total. The number of aromatic amines is 1. The Labute approximate surface area is 93.5 Å². The fourth-order valence-corrected chi connectivity index (χ4v) is 1.17. The molecule has 0 bridgehead atoms. The van der Waals surface area contributed by atoms with Crippen LogP contribution in [0.2, 0.25) is 0 Å². The number of aliphatic hydroxyl groups is 1. The molecule has 0 aliphatic heterocycles. The van der Waals surface area contributed by atoms with Crippen molar-refractivity contribution in [3.05, 3.63) is 34.2 Å². The smallest absolute Gasteiger partial charge is 0.257 e. The monoisotopic (exact) mass is 224 g/mol. The first-order valence-electron chi connectivity index (χ1n) is 5.13. The highest BCUT2D eigenvalue weighted by Gasteiger charge is 2.24. The second kappa shape index (κ2) is 4.94. The second-order valence-electron chi connectivity index (χ2n) is 3.95. The van der Waals surface area contributed by atoms with Crippen LogP contribution >= 0.6 is 0 Å². The molecular weight excluding hydrogens is 208 g/mol. The van der Waals surface area contributed by atoms with Crippen LogP contribution in [0.4, 0.5) is 0 Å². The van der Waals surface area contributed by atoms with Crippen LogP contribution < -0.4 is 10.7 Å². The van der Waals surface area contributed by atoms with Gasteiger partial charge >= 0.3 is 0 Å². The predicted octanol–water partition coefficient (Wildman–Crippen LogP) is 0.266. The van der Waals surface area contributed by atoms with Crippen molar-refractivity contribution in [2.24, 2.45) is 0 Å². The largest absolute Gasteiger partial charge is 0.394 e. The van der Waals surface area contributed by atoms with E-state index in [9.17, 15) is 9.59 Å². The van der Waals surface area contributed by atoms with Gasteiger partial charge in [-0.1, -0.05) is 6.92 Å². The zero-order chi connectivity index (χ0) is 12.2. The van der Waals surface area contributed by atoms with E-state index in [1.54, 1.807) is 6.92 Å². The lowest BCUT2D eigenvalue weighted by Gasteiger charge is -2.26. The highest BCUT2D eigenvalue weighted by molar-refractivity contribution is 5.94. The van der Waals surface area contributed by atoms with Gasteiger partial charge in [-0.15, -0.1) is 0 Å². The van der Waals surface area contributed by atoms with Crippen LogP contribution in [0.5, 0.6) is 0 Å². The average molecular weight is 224 g/mol. The maximum atomic E-state index is 11.8. The molecular formula is C11H16N2O3. The molecule has 0 saturated heterocycles. The van der Waals surface area contributed by atoms with Gasteiger partial charge in [-0.25, -0.2) is 0 Å². The van der Waals surface area contributed by atoms with E-state index < -0.39 is 11.4 Å². The quantitative estimate of drug-likeness (QED) is 0.686. The first kappa shape index (κ1) is 12.4. The Morgan fingerprint density at radius 1 is 1.62 bits per heavy atom. The SMILES string of the molecule is CCC(C)(CO)NC(=O)c1c[nH]ccc1=O. The van der Waals surface area contributed by atoms with E-state index >= 15 is 0 Å². The number of carbonyl (C=O) groups excluding carboxylic acids is 1. The second-order valence-corrected chi connectivity index (χ2v) is 3.95. The molecule has 1 aromatic heterocycles. The number of aromatic nitrogens is 1. The van der Waals surface area contributed by atoms with Crippen molar-refractivity contribution in [1.82, 2.24) is 10.3 Å². The highest BCUT2D eigenvalue weighted by Crippen LogP contribution is 2.08. The molecule has 0 spiro atoms. The molecule has 16 heavy (non-hydrogen) atoms. The van der Waals surface area contributed by atoms with Crippen molar-refractivity contribution in [2.75, 3.05) is 6.61 Å². The molecule has 5 heteroatoms. The van der Waals surface area contributed by atoms with E-state index in [-0.39, 0.29) is 17.6 Å². The third-order valence-corrected chi connectivity index (χ3v) is 2.61. The van der Waals surface area contributed by atoms with Crippen LogP contribution in [0.1, 0.15) is 30.6 Å². The number of pyridine rings is 1. The molecule has 1 atom stereocenters. The summed E-state index contributed by atoms with van der Waals surface area (Å²) in [4.78, 5) is 25.8. The predicted molar refractivity (Wildman–Crippen MR) is 60.3 cm³/mol. The Kier molecular flexibility index (Phi) is 3.84. The maximum Gasteiger partial charge on any atom is 0.257 e. The van der Waals surface area contributed by atoms with E-state index in [2.05, 4.69) is 10.3 Å². The lowest BCUT2D eigenvalue weighted by molar-refractivity contribution is 0.0846. The summed E-state index contributed by atoms with van der Waals surface area (Å²) < 4.78 is 0. The molecule has 0 radical (unpaired) electrons. The molecule has 88 valence electrons. The zero-order valence-corrected chi connectivity index (χ0v) is 9.41. The molecule has 1 heterocycles. The van der Waals surface area contributed by atoms with E-state index in [1.165, 1.54) is 18.5 Å². The number of hydrogen-bond acceptors (Lipinski definition) is 3. The Morgan fingerprint density at radius 3 is 2.81 bits per heavy atom. The van der Waals surface area contributed by atoms with Crippen LogP contribution in [0.3, 0.4) is 0 Å². The Morgan fingerprint density at radius 2 is 2.31 bits per heavy atom. The van der Waals surface area contributed by atoms with Gasteiger partial charge in [0.15, 0.2) is 5.43 Å². The Bertz CT molecular complexity index is 421. The number of hydrogen-bond donors (Lipinski definition) is 3. The molecule has 3 N–H and O–H groups in total. The number of aliphatic hydroxyl groups excluding tert-OH is 1. The maximum absolute atomic E-state index is 11.8. The van der Waals surface area contributed by atoms with Crippen molar-refractivity contribution in [3.63, 3.8) is 0 Å². The van der Waals surface area contributed by atoms with Gasteiger partial charge in [-0.2, -0.15) is 0 Å². The first-order valence-corrected chi connectivity index (χ1v) is 5.13. The minimum atomic E-state index is -0.695. The molecule has 1 amide bonds. The number of nitrogens with one attached hydrogen (secondary N) is 2. The molecule has 0 aromatic carbocycles. The van der Waals surface area contributed by atoms with Crippen molar-refractivity contribution >= 4 is 5.91 Å². The van der Waals surface area contributed by atoms with Gasteiger partial charge in [0.2, 0.25) is 0 Å². The lowest BCUT2D eigenvalue weighted by atomic mass is 10.00. The van der Waals surface area contributed by atoms with Crippen LogP contribution in [0.15, 0.2) is 23.3 Å². The van der Waals surface area contributed by atoms with Crippen molar-refractivity contribution in [2.45, 2.75) is 25.8 Å². The van der Waals surface area contributed by atoms with Gasteiger partial charge in [0, 0.05) is 18.5 Å². The molecule has 0 saturated carbocycles. The third kappa shape index (κ3) is 2.70. The minimum Gasteiger partial charge on any atom is -0.394 e. The summed E-state index contributed by atoms with van der Waals surface area (Å²) in [5.41, 5.74) is -0.984. The van der Waals surface area contributed by atoms with Gasteiger partial charge < -0.3 is 15.4 Å². The minimum absolute atomic E-state index is 0.0515. The number of H-pyrrole nitrogens is 1. The normalized spacial score (nSPS) is 14.2. The van der Waals surface area contributed by atoms with Gasteiger partial charge in [0.05, 0.1) is 12.1 Å². The molecule has 1 unspecified atom stereocenters. The highest BCUT2D eigenvalue weighted by atomic mass is 16.3. The topological polar surface area (TPSA) is 82.2 Å². The van der Waals surface area contributed by atoms with E-state index in [1.807, 2.05) is 6.92 Å². The average Bonchev–Trinajstić information content (AvgIpc) is 2.29. The fraction of sp³-hybridized carbons (Fsp3) is 0.455. The number of amides is 1. The van der Waals surface area contributed by atoms with Gasteiger partial charge in [-0.05, 0) is 13.3 Å². The Hall–Kier alpha value is -1.62. The number of rotatable bonds is 4. The molecule has 1 aromatic rings. The summed E-state index contributed by atoms with van der Waals surface area (Å²) in [6.07, 6.45) is 3.40. The molecule has 1 rings (SSSR count). The van der Waals surface area contributed by atoms with Crippen molar-refractivity contribution < 1.29 is 9.90 Å². The molecule has 0 aliphatic carbocycles. The summed E-state index contributed by atoms with van der Waals surface area (Å²) >= 11 is 0. The number of carbonyl (C=O) groups is 1. The summed E-state index contributed by atoms with van der Waals surface area (Å²) in [5, 5.41) is 11.8. The van der Waals surface area contributed by atoms with Gasteiger partial charge in [0.25, 0.3) is 5.91 Å².